The molecule has 0 saturated heterocycles. The van der Waals surface area contributed by atoms with Crippen LogP contribution in [0.4, 0.5) is 0 Å². The van der Waals surface area contributed by atoms with Gasteiger partial charge >= 0.3 is 0 Å². The molecule has 3 unspecified atom stereocenters. The highest BCUT2D eigenvalue weighted by molar-refractivity contribution is 6.76. The second kappa shape index (κ2) is 23.5. The lowest BCUT2D eigenvalue weighted by Crippen LogP contribution is -2.63. The van der Waals surface area contributed by atoms with Gasteiger partial charge in [0.2, 0.25) is 0 Å². The minimum Gasteiger partial charge on any atom is -0.378 e. The smallest absolute Gasteiger partial charge is 0.0637 e. The molecule has 318 valence electrons. The van der Waals surface area contributed by atoms with Crippen molar-refractivity contribution in [2.24, 2.45) is 63.5 Å². The van der Waals surface area contributed by atoms with Gasteiger partial charge in [0.1, 0.15) is 0 Å². The molecular formula is C46H92N4O3Si. The van der Waals surface area contributed by atoms with Gasteiger partial charge in [-0.25, -0.2) is 0 Å². The molecule has 0 spiro atoms. The second-order valence-corrected chi connectivity index (χ2v) is 26.1. The van der Waals surface area contributed by atoms with Crippen molar-refractivity contribution in [3.63, 3.8) is 0 Å². The quantitative estimate of drug-likeness (QED) is 0.0462. The third kappa shape index (κ3) is 13.0. The van der Waals surface area contributed by atoms with Crippen LogP contribution in [0.15, 0.2) is 0 Å². The third-order valence-electron chi connectivity index (χ3n) is 15.5. The summed E-state index contributed by atoms with van der Waals surface area (Å²) in [6.45, 7) is 22.2. The van der Waals surface area contributed by atoms with E-state index in [1.807, 2.05) is 0 Å². The van der Waals surface area contributed by atoms with E-state index in [-0.39, 0.29) is 5.41 Å². The van der Waals surface area contributed by atoms with Crippen LogP contribution in [-0.2, 0) is 14.2 Å². The van der Waals surface area contributed by atoms with Gasteiger partial charge in [-0.15, -0.1) is 0 Å². The molecule has 0 amide bonds. The molecule has 0 aromatic rings. The molecular weight excluding hydrogens is 685 g/mol. The van der Waals surface area contributed by atoms with Crippen LogP contribution in [0.5, 0.6) is 0 Å². The van der Waals surface area contributed by atoms with Crippen molar-refractivity contribution >= 4 is 8.07 Å². The van der Waals surface area contributed by atoms with Gasteiger partial charge < -0.3 is 36.7 Å². The van der Waals surface area contributed by atoms with E-state index in [9.17, 15) is 0 Å². The highest BCUT2D eigenvalue weighted by atomic mass is 28.3. The SMILES string of the molecule is C[C@H](CCCNCCCCCCCCCC[Si](C)(C)C)[C@H]1CC[C@H]2C3[C@H](OCCCN)CC4C[C@H](OCCCN)CC[C@]4(C)[C@H]3C[C@H](OCCCN)C12C. The Hall–Kier alpha value is -0.0631. The van der Waals surface area contributed by atoms with Crippen LogP contribution in [0.3, 0.4) is 0 Å². The van der Waals surface area contributed by atoms with E-state index in [0.29, 0.717) is 78.9 Å². The van der Waals surface area contributed by atoms with Crippen LogP contribution in [0.1, 0.15) is 149 Å². The zero-order chi connectivity index (χ0) is 39.0. The Morgan fingerprint density at radius 1 is 0.667 bits per heavy atom. The van der Waals surface area contributed by atoms with E-state index < -0.39 is 8.07 Å². The van der Waals surface area contributed by atoms with Crippen molar-refractivity contribution in [3.05, 3.63) is 0 Å². The third-order valence-corrected chi connectivity index (χ3v) is 17.4. The molecule has 7 nitrogen and oxygen atoms in total. The molecule has 4 saturated carbocycles. The van der Waals surface area contributed by atoms with E-state index in [1.165, 1.54) is 115 Å². The summed E-state index contributed by atoms with van der Waals surface area (Å²) in [5.74, 6) is 3.91. The van der Waals surface area contributed by atoms with Gasteiger partial charge in [-0.1, -0.05) is 91.4 Å². The summed E-state index contributed by atoms with van der Waals surface area (Å²) in [6.07, 6.45) is 26.3. The van der Waals surface area contributed by atoms with Crippen LogP contribution in [0, 0.1) is 46.3 Å². The highest BCUT2D eigenvalue weighted by Gasteiger charge is 2.66. The highest BCUT2D eigenvalue weighted by Crippen LogP contribution is 2.69. The number of rotatable bonds is 28. The van der Waals surface area contributed by atoms with E-state index in [0.717, 1.165) is 52.0 Å². The molecule has 7 N–H and O–H groups in total. The lowest BCUT2D eigenvalue weighted by Gasteiger charge is -2.65. The minimum atomic E-state index is -0.844. The zero-order valence-corrected chi connectivity index (χ0v) is 37.7. The van der Waals surface area contributed by atoms with Crippen LogP contribution >= 0.6 is 0 Å². The fraction of sp³-hybridized carbons (Fsp3) is 1.00. The Morgan fingerprint density at radius 2 is 1.28 bits per heavy atom. The van der Waals surface area contributed by atoms with Gasteiger partial charge in [-0.3, -0.25) is 0 Å². The number of fused-ring (bicyclic) bond motifs is 5. The van der Waals surface area contributed by atoms with E-state index in [2.05, 4.69) is 45.7 Å². The maximum atomic E-state index is 7.06. The van der Waals surface area contributed by atoms with Crippen molar-refractivity contribution < 1.29 is 14.2 Å². The molecule has 11 atom stereocenters. The van der Waals surface area contributed by atoms with Gasteiger partial charge in [0.15, 0.2) is 0 Å². The number of ether oxygens (including phenoxy) is 3. The minimum absolute atomic E-state index is 0.179. The molecule has 0 aromatic heterocycles. The van der Waals surface area contributed by atoms with Gasteiger partial charge in [-0.2, -0.15) is 0 Å². The predicted molar refractivity (Wildman–Crippen MR) is 233 cm³/mol. The predicted octanol–water partition coefficient (Wildman–Crippen LogP) is 9.53. The number of hydrogen-bond acceptors (Lipinski definition) is 7. The normalized spacial score (nSPS) is 34.4. The second-order valence-electron chi connectivity index (χ2n) is 20.5. The fourth-order valence-corrected chi connectivity index (χ4v) is 13.7. The summed E-state index contributed by atoms with van der Waals surface area (Å²) in [6, 6.07) is 1.50. The molecule has 0 aliphatic heterocycles. The standard InChI is InChI=1S/C46H92N4O3Si/c1-36(19-15-28-50-27-13-11-9-7-8-10-12-14-32-54(4,5)6)39-20-21-40-44-41(35-43(46(39,40)3)53-31-18-26-49)45(2)23-22-38(51-29-16-24-47)33-37(45)34-42(44)52-30-17-25-48/h36-44,50H,7-35,47-49H2,1-6H3/t36-,37?,38-,39-,40+,41+,42-,43+,44?,45+,46?/m1/s1. The largest absolute Gasteiger partial charge is 0.378 e. The Morgan fingerprint density at radius 3 is 1.94 bits per heavy atom. The Balaban J connectivity index is 1.32. The Bertz CT molecular complexity index is 1010. The molecule has 54 heavy (non-hydrogen) atoms. The zero-order valence-electron chi connectivity index (χ0n) is 36.7. The Kier molecular flexibility index (Phi) is 20.3. The van der Waals surface area contributed by atoms with Crippen LogP contribution in [0.25, 0.3) is 0 Å². The van der Waals surface area contributed by atoms with Gasteiger partial charge in [-0.05, 0) is 157 Å². The first kappa shape index (κ1) is 46.6. The van der Waals surface area contributed by atoms with Crippen molar-refractivity contribution in [1.29, 1.82) is 0 Å². The first-order chi connectivity index (χ1) is 26.0. The summed E-state index contributed by atoms with van der Waals surface area (Å²) in [5, 5.41) is 3.82. The molecule has 0 bridgehead atoms. The topological polar surface area (TPSA) is 118 Å². The van der Waals surface area contributed by atoms with Crippen LogP contribution in [0.2, 0.25) is 25.7 Å². The van der Waals surface area contributed by atoms with Crippen LogP contribution in [-0.4, -0.2) is 78.9 Å². The number of nitrogens with one attached hydrogen (secondary N) is 1. The summed E-state index contributed by atoms with van der Waals surface area (Å²) < 4.78 is 20.4. The lowest BCUT2D eigenvalue weighted by atomic mass is 9.43. The molecule has 4 aliphatic rings. The lowest BCUT2D eigenvalue weighted by molar-refractivity contribution is -0.227. The van der Waals surface area contributed by atoms with Gasteiger partial charge in [0.25, 0.3) is 0 Å². The average Bonchev–Trinajstić information content (AvgIpc) is 3.50. The van der Waals surface area contributed by atoms with E-state index >= 15 is 0 Å². The Labute approximate surface area is 335 Å². The molecule has 0 heterocycles. The monoisotopic (exact) mass is 777 g/mol. The summed E-state index contributed by atoms with van der Waals surface area (Å²) in [5.41, 5.74) is 18.3. The van der Waals surface area contributed by atoms with Crippen molar-refractivity contribution in [2.75, 3.05) is 52.5 Å². The molecule has 4 rings (SSSR count). The van der Waals surface area contributed by atoms with E-state index in [1.54, 1.807) is 0 Å². The summed E-state index contributed by atoms with van der Waals surface area (Å²) in [4.78, 5) is 0. The summed E-state index contributed by atoms with van der Waals surface area (Å²) >= 11 is 0. The number of nitrogens with two attached hydrogens (primary N) is 3. The van der Waals surface area contributed by atoms with Crippen molar-refractivity contribution in [3.8, 4) is 0 Å². The van der Waals surface area contributed by atoms with Crippen molar-refractivity contribution in [2.45, 2.75) is 193 Å². The first-order valence-corrected chi connectivity index (χ1v) is 27.4. The summed E-state index contributed by atoms with van der Waals surface area (Å²) in [7, 11) is -0.844. The van der Waals surface area contributed by atoms with Crippen molar-refractivity contribution in [1.82, 2.24) is 5.32 Å². The van der Waals surface area contributed by atoms with Gasteiger partial charge in [0.05, 0.1) is 18.3 Å². The maximum absolute atomic E-state index is 7.06. The maximum Gasteiger partial charge on any atom is 0.0637 e. The first-order valence-electron chi connectivity index (χ1n) is 23.6. The van der Waals surface area contributed by atoms with Crippen LogP contribution < -0.4 is 22.5 Å². The molecule has 0 radical (unpaired) electrons. The average molecular weight is 777 g/mol. The molecule has 8 heteroatoms. The van der Waals surface area contributed by atoms with E-state index in [4.69, 9.17) is 31.4 Å². The number of hydrogen-bond donors (Lipinski definition) is 4. The molecule has 0 aromatic carbocycles. The molecule has 4 aliphatic carbocycles. The fourth-order valence-electron chi connectivity index (χ4n) is 12.4. The molecule has 4 fully saturated rings. The number of unbranched alkanes of at least 4 members (excludes halogenated alkanes) is 7. The van der Waals surface area contributed by atoms with Gasteiger partial charge in [0, 0.05) is 33.3 Å².